The van der Waals surface area contributed by atoms with Gasteiger partial charge in [0.25, 0.3) is 5.69 Å². The number of nitro groups is 1. The molecule has 0 aromatic heterocycles. The Morgan fingerprint density at radius 1 is 0.615 bits per heavy atom. The molecule has 342 valence electrons. The lowest BCUT2D eigenvalue weighted by molar-refractivity contribution is -0.385. The van der Waals surface area contributed by atoms with E-state index in [1.165, 1.54) is 6.07 Å². The average molecular weight is 904 g/mol. The summed E-state index contributed by atoms with van der Waals surface area (Å²) in [6.07, 6.45) is -2.11. The lowest BCUT2D eigenvalue weighted by Gasteiger charge is -2.23. The maximum Gasteiger partial charge on any atom is 0.408 e. The Hall–Kier alpha value is -7.00. The molecule has 0 aliphatic rings. The molecule has 2 amide bonds. The van der Waals surface area contributed by atoms with Gasteiger partial charge < -0.3 is 34.3 Å². The highest BCUT2D eigenvalue weighted by Gasteiger charge is 2.30. The molecule has 0 unspecified atom stereocenters. The van der Waals surface area contributed by atoms with Crippen molar-refractivity contribution in [2.24, 2.45) is 0 Å². The van der Waals surface area contributed by atoms with Crippen LogP contribution in [-0.4, -0.2) is 61.4 Å². The molecule has 0 bridgehead atoms. The summed E-state index contributed by atoms with van der Waals surface area (Å²) in [5.74, 6) is -1.05. The third kappa shape index (κ3) is 16.6. The topological polar surface area (TPSA) is 182 Å². The molecule has 14 nitrogen and oxygen atoms in total. The minimum Gasteiger partial charge on any atom is -0.489 e. The first-order valence-electron chi connectivity index (χ1n) is 21.3. The number of alkyl carbamates (subject to hydrolysis) is 2. The van der Waals surface area contributed by atoms with Crippen LogP contribution in [0.3, 0.4) is 0 Å². The number of ether oxygens (including phenoxy) is 5. The van der Waals surface area contributed by atoms with Crippen molar-refractivity contribution in [1.29, 1.82) is 0 Å². The third-order valence-electron chi connectivity index (χ3n) is 9.84. The fourth-order valence-electron chi connectivity index (χ4n) is 6.47. The smallest absolute Gasteiger partial charge is 0.408 e. The van der Waals surface area contributed by atoms with Crippen molar-refractivity contribution < 1.29 is 47.8 Å². The van der Waals surface area contributed by atoms with Crippen LogP contribution >= 0.6 is 0 Å². The summed E-state index contributed by atoms with van der Waals surface area (Å²) >= 11 is 0. The van der Waals surface area contributed by atoms with Gasteiger partial charge in [-0.2, -0.15) is 0 Å². The highest BCUT2D eigenvalue weighted by molar-refractivity contribution is 6.76. The van der Waals surface area contributed by atoms with Crippen LogP contribution in [0.1, 0.15) is 48.6 Å². The molecule has 0 aliphatic heterocycles. The number of rotatable bonds is 20. The lowest BCUT2D eigenvalue weighted by Crippen LogP contribution is -2.45. The zero-order chi connectivity index (χ0) is 47.0. The second-order valence-corrected chi connectivity index (χ2v) is 23.3. The van der Waals surface area contributed by atoms with Crippen LogP contribution in [0.4, 0.5) is 15.3 Å². The molecule has 5 aromatic carbocycles. The van der Waals surface area contributed by atoms with Crippen molar-refractivity contribution in [3.8, 4) is 16.9 Å². The van der Waals surface area contributed by atoms with E-state index in [0.717, 1.165) is 11.1 Å². The molecular formula is C50H57N3O11Si. The molecule has 0 heterocycles. The number of benzene rings is 5. The molecule has 5 aromatic rings. The Bertz CT molecular complexity index is 2390. The Morgan fingerprint density at radius 2 is 1.09 bits per heavy atom. The van der Waals surface area contributed by atoms with Gasteiger partial charge in [0, 0.05) is 32.5 Å². The standard InChI is InChI=1S/C50H57N3O11Si/c1-50(2,3)64-49(57)52-42(47(55)62-33-36-18-12-8-13-19-36)30-40-28-38(22-24-44(40)53(58)59)39-23-25-45(61-32-35-16-10-7-11-17-35)41(29-39)31-43(46(54)60-26-27-65(4,5)6)51-48(56)63-34-37-20-14-9-15-21-37/h7-25,28-29,42-43H,26-27,30-34H2,1-6H3,(H,51,56)(H,52,57)/t42-,43-/m0/s1. The minimum atomic E-state index is -1.59. The quantitative estimate of drug-likeness (QED) is 0.0249. The maximum atomic E-state index is 13.8. The molecular weight excluding hydrogens is 847 g/mol. The monoisotopic (exact) mass is 903 g/mol. The van der Waals surface area contributed by atoms with Crippen molar-refractivity contribution in [2.75, 3.05) is 6.61 Å². The Kier molecular flexibility index (Phi) is 17.4. The Balaban J connectivity index is 1.50. The molecule has 0 saturated heterocycles. The number of nitrogens with one attached hydrogen (secondary N) is 2. The number of nitro benzene ring substituents is 1. The zero-order valence-electron chi connectivity index (χ0n) is 37.7. The number of hydrogen-bond donors (Lipinski definition) is 2. The third-order valence-corrected chi connectivity index (χ3v) is 11.5. The fraction of sp³-hybridized carbons (Fsp3) is 0.320. The largest absolute Gasteiger partial charge is 0.489 e. The van der Waals surface area contributed by atoms with E-state index in [0.29, 0.717) is 34.0 Å². The molecule has 65 heavy (non-hydrogen) atoms. The van der Waals surface area contributed by atoms with Gasteiger partial charge in [-0.15, -0.1) is 0 Å². The van der Waals surface area contributed by atoms with Crippen molar-refractivity contribution in [1.82, 2.24) is 10.6 Å². The van der Waals surface area contributed by atoms with E-state index in [-0.39, 0.29) is 50.5 Å². The van der Waals surface area contributed by atoms with Gasteiger partial charge in [0.05, 0.1) is 11.5 Å². The van der Waals surface area contributed by atoms with Gasteiger partial charge in [0.15, 0.2) is 0 Å². The maximum absolute atomic E-state index is 13.8. The van der Waals surface area contributed by atoms with Crippen LogP contribution in [0.5, 0.6) is 5.75 Å². The summed E-state index contributed by atoms with van der Waals surface area (Å²) in [5.41, 5.74) is 2.91. The molecule has 0 fully saturated rings. The van der Waals surface area contributed by atoms with Crippen LogP contribution in [0.25, 0.3) is 11.1 Å². The van der Waals surface area contributed by atoms with Gasteiger partial charge in [-0.3, -0.25) is 10.1 Å². The van der Waals surface area contributed by atoms with Gasteiger partial charge in [0.2, 0.25) is 0 Å². The Morgan fingerprint density at radius 3 is 1.63 bits per heavy atom. The zero-order valence-corrected chi connectivity index (χ0v) is 38.7. The van der Waals surface area contributed by atoms with E-state index in [1.54, 1.807) is 75.4 Å². The summed E-state index contributed by atoms with van der Waals surface area (Å²) in [6.45, 7) is 11.8. The summed E-state index contributed by atoms with van der Waals surface area (Å²) < 4.78 is 28.6. The fourth-order valence-corrected chi connectivity index (χ4v) is 7.19. The summed E-state index contributed by atoms with van der Waals surface area (Å²) in [6, 6.07) is 35.5. The van der Waals surface area contributed by atoms with Crippen molar-refractivity contribution >= 4 is 37.9 Å². The first kappa shape index (κ1) is 49.0. The highest BCUT2D eigenvalue weighted by Crippen LogP contribution is 2.32. The van der Waals surface area contributed by atoms with Crippen LogP contribution in [0.2, 0.25) is 25.7 Å². The normalized spacial score (nSPS) is 12.2. The number of amides is 2. The SMILES string of the molecule is CC(C)(C)OC(=O)N[C@@H](Cc1cc(-c2ccc(OCc3ccccc3)c(C[C@H](NC(=O)OCc3ccccc3)C(=O)OCC[Si](C)(C)C)c2)ccc1[N+](=O)[O-])C(=O)OCc1ccccc1. The second-order valence-electron chi connectivity index (χ2n) is 17.6. The molecule has 5 rings (SSSR count). The lowest BCUT2D eigenvalue weighted by atomic mass is 9.95. The summed E-state index contributed by atoms with van der Waals surface area (Å²) in [7, 11) is -1.59. The number of carbonyl (C=O) groups is 4. The predicted octanol–water partition coefficient (Wildman–Crippen LogP) is 9.74. The van der Waals surface area contributed by atoms with E-state index >= 15 is 0 Å². The van der Waals surface area contributed by atoms with Crippen LogP contribution in [0.15, 0.2) is 127 Å². The summed E-state index contributed by atoms with van der Waals surface area (Å²) in [4.78, 5) is 65.6. The molecule has 0 aliphatic carbocycles. The molecule has 0 radical (unpaired) electrons. The van der Waals surface area contributed by atoms with Crippen LogP contribution in [0, 0.1) is 10.1 Å². The van der Waals surface area contributed by atoms with E-state index < -0.39 is 54.8 Å². The van der Waals surface area contributed by atoms with E-state index in [2.05, 4.69) is 30.3 Å². The van der Waals surface area contributed by atoms with Gasteiger partial charge in [-0.05, 0) is 84.5 Å². The van der Waals surface area contributed by atoms with Crippen LogP contribution in [-0.2, 0) is 61.2 Å². The minimum absolute atomic E-state index is 0.0215. The first-order valence-corrected chi connectivity index (χ1v) is 25.0. The predicted molar refractivity (Wildman–Crippen MR) is 249 cm³/mol. The second kappa shape index (κ2) is 23.1. The van der Waals surface area contributed by atoms with Crippen LogP contribution < -0.4 is 15.4 Å². The van der Waals surface area contributed by atoms with Crippen molar-refractivity contribution in [2.45, 2.75) is 96.8 Å². The first-order chi connectivity index (χ1) is 30.9. The van der Waals surface area contributed by atoms with E-state index in [4.69, 9.17) is 23.7 Å². The highest BCUT2D eigenvalue weighted by atomic mass is 28.3. The molecule has 0 saturated carbocycles. The average Bonchev–Trinajstić information content (AvgIpc) is 3.26. The molecule has 2 atom stereocenters. The number of hydrogen-bond acceptors (Lipinski definition) is 11. The van der Waals surface area contributed by atoms with Gasteiger partial charge in [0.1, 0.15) is 43.3 Å². The van der Waals surface area contributed by atoms with Crippen molar-refractivity contribution in [3.05, 3.63) is 165 Å². The van der Waals surface area contributed by atoms with E-state index in [9.17, 15) is 29.3 Å². The number of nitrogens with zero attached hydrogens (tertiary/aromatic N) is 1. The number of esters is 2. The van der Waals surface area contributed by atoms with Gasteiger partial charge >= 0.3 is 24.1 Å². The molecule has 15 heteroatoms. The summed E-state index contributed by atoms with van der Waals surface area (Å²) in [5, 5.41) is 17.7. The molecule has 0 spiro atoms. The van der Waals surface area contributed by atoms with Gasteiger partial charge in [-0.25, -0.2) is 19.2 Å². The van der Waals surface area contributed by atoms with E-state index in [1.807, 2.05) is 66.7 Å². The molecule has 2 N–H and O–H groups in total. The Labute approximate surface area is 380 Å². The van der Waals surface area contributed by atoms with Gasteiger partial charge in [-0.1, -0.05) is 117 Å². The number of carbonyl (C=O) groups excluding carboxylic acids is 4. The van der Waals surface area contributed by atoms with Crippen molar-refractivity contribution in [3.63, 3.8) is 0 Å².